The first-order chi connectivity index (χ1) is 18.9. The van der Waals surface area contributed by atoms with Gasteiger partial charge in [0.15, 0.2) is 0 Å². The Balaban J connectivity index is 1.22. The van der Waals surface area contributed by atoms with Crippen molar-refractivity contribution >= 4 is 29.4 Å². The summed E-state index contributed by atoms with van der Waals surface area (Å²) in [6.45, 7) is 1.50. The highest BCUT2D eigenvalue weighted by molar-refractivity contribution is 7.99. The number of imidazole rings is 1. The largest absolute Gasteiger partial charge is 0.497 e. The van der Waals surface area contributed by atoms with Crippen molar-refractivity contribution in [3.8, 4) is 5.75 Å². The lowest BCUT2D eigenvalue weighted by atomic mass is 10.1. The molecule has 12 heteroatoms. The van der Waals surface area contributed by atoms with Crippen LogP contribution in [-0.4, -0.2) is 74.3 Å². The molecule has 2 aliphatic rings. The molecule has 0 radical (unpaired) electrons. The molecule has 11 nitrogen and oxygen atoms in total. The van der Waals surface area contributed by atoms with Gasteiger partial charge in [0.1, 0.15) is 18.4 Å². The minimum absolute atomic E-state index is 0.0319. The van der Waals surface area contributed by atoms with Crippen molar-refractivity contribution in [2.45, 2.75) is 36.1 Å². The number of amides is 2. The number of ether oxygens (including phenoxy) is 2. The Morgan fingerprint density at radius 1 is 1.08 bits per heavy atom. The molecule has 0 saturated carbocycles. The number of hydrogen-bond acceptors (Lipinski definition) is 8. The number of non-ortho nitro benzene ring substituents is 1. The molecule has 2 fully saturated rings. The molecule has 204 valence electrons. The summed E-state index contributed by atoms with van der Waals surface area (Å²) in [6.07, 6.45) is 5.32. The predicted molar refractivity (Wildman–Crippen MR) is 144 cm³/mol. The molecule has 5 rings (SSSR count). The average molecular weight is 552 g/mol. The van der Waals surface area contributed by atoms with Gasteiger partial charge in [0.2, 0.25) is 5.91 Å². The van der Waals surface area contributed by atoms with Crippen molar-refractivity contribution < 1.29 is 24.0 Å². The number of hydrogen-bond donors (Lipinski definition) is 0. The molecule has 39 heavy (non-hydrogen) atoms. The van der Waals surface area contributed by atoms with Crippen LogP contribution in [-0.2, 0) is 21.9 Å². The number of aromatic nitrogens is 2. The molecule has 3 aromatic rings. The van der Waals surface area contributed by atoms with Crippen molar-refractivity contribution in [3.63, 3.8) is 0 Å². The molecule has 0 unspecified atom stereocenters. The summed E-state index contributed by atoms with van der Waals surface area (Å²) in [6, 6.07) is 13.3. The number of likely N-dealkylation sites (tertiary alicyclic amines) is 2. The molecule has 0 N–H and O–H groups in total. The fourth-order valence-corrected chi connectivity index (χ4v) is 5.96. The molecule has 2 amide bonds. The van der Waals surface area contributed by atoms with E-state index >= 15 is 0 Å². The third kappa shape index (κ3) is 6.17. The summed E-state index contributed by atoms with van der Waals surface area (Å²) >= 11 is 1.71. The summed E-state index contributed by atoms with van der Waals surface area (Å²) in [7, 11) is 1.63. The van der Waals surface area contributed by atoms with Gasteiger partial charge in [-0.05, 0) is 41.8 Å². The quantitative estimate of drug-likeness (QED) is 0.290. The molecular weight excluding hydrogens is 522 g/mol. The van der Waals surface area contributed by atoms with Crippen LogP contribution in [0.15, 0.2) is 67.3 Å². The Labute approximate surface area is 229 Å². The van der Waals surface area contributed by atoms with Gasteiger partial charge in [-0.25, -0.2) is 9.78 Å². The van der Waals surface area contributed by atoms with Crippen LogP contribution >= 0.6 is 11.8 Å². The van der Waals surface area contributed by atoms with Crippen molar-refractivity contribution in [2.75, 3.05) is 26.7 Å². The van der Waals surface area contributed by atoms with Gasteiger partial charge >= 0.3 is 6.09 Å². The lowest BCUT2D eigenvalue weighted by Crippen LogP contribution is -2.56. The Morgan fingerprint density at radius 2 is 1.79 bits per heavy atom. The second-order valence-corrected chi connectivity index (χ2v) is 10.9. The molecule has 1 aromatic heterocycles. The number of nitro groups is 1. The fourth-order valence-electron chi connectivity index (χ4n) is 4.75. The number of nitro benzene ring substituents is 1. The summed E-state index contributed by atoms with van der Waals surface area (Å²) in [5, 5.41) is 11.0. The molecule has 3 heterocycles. The van der Waals surface area contributed by atoms with Crippen LogP contribution < -0.4 is 4.74 Å². The SMILES string of the molecule is COc1ccc(CS[C@H]2C[C@@H](C(=O)N3CC(n4ccnc4)C3)N(C(=O)OCc3ccc([N+](=O)[O-])cc3)C2)cc1. The van der Waals surface area contributed by atoms with E-state index < -0.39 is 17.1 Å². The lowest BCUT2D eigenvalue weighted by molar-refractivity contribution is -0.384. The standard InChI is InChI=1S/C27H29N5O6S/c1-37-23-8-4-20(5-9-23)17-39-24-12-25(26(33)30-13-22(14-30)29-11-10-28-18-29)31(15-24)27(34)38-16-19-2-6-21(7-3-19)32(35)36/h2-11,18,22,24-25H,12-17H2,1H3/t24-,25-/m0/s1. The topological polar surface area (TPSA) is 120 Å². The molecule has 0 spiro atoms. The second-order valence-electron chi connectivity index (χ2n) is 9.57. The number of rotatable bonds is 9. The van der Waals surface area contributed by atoms with Crippen LogP contribution in [0.2, 0.25) is 0 Å². The Bertz CT molecular complexity index is 1300. The van der Waals surface area contributed by atoms with E-state index in [1.165, 1.54) is 17.0 Å². The monoisotopic (exact) mass is 551 g/mol. The van der Waals surface area contributed by atoms with E-state index in [2.05, 4.69) is 4.98 Å². The first-order valence-corrected chi connectivity index (χ1v) is 13.6. The maximum atomic E-state index is 13.5. The molecular formula is C27H29N5O6S. The fraction of sp³-hybridized carbons (Fsp3) is 0.370. The van der Waals surface area contributed by atoms with Gasteiger partial charge in [-0.1, -0.05) is 12.1 Å². The summed E-state index contributed by atoms with van der Waals surface area (Å²) in [4.78, 5) is 44.5. The van der Waals surface area contributed by atoms with E-state index in [0.717, 1.165) is 17.1 Å². The van der Waals surface area contributed by atoms with Crippen molar-refractivity contribution in [1.82, 2.24) is 19.4 Å². The number of carbonyl (C=O) groups excluding carboxylic acids is 2. The molecule has 0 bridgehead atoms. The summed E-state index contributed by atoms with van der Waals surface area (Å²) in [5.41, 5.74) is 1.73. The minimum Gasteiger partial charge on any atom is -0.497 e. The van der Waals surface area contributed by atoms with Gasteiger partial charge in [-0.3, -0.25) is 19.8 Å². The Kier molecular flexibility index (Phi) is 8.01. The summed E-state index contributed by atoms with van der Waals surface area (Å²) in [5.74, 6) is 1.46. The van der Waals surface area contributed by atoms with E-state index in [9.17, 15) is 19.7 Å². The van der Waals surface area contributed by atoms with Crippen molar-refractivity contribution in [1.29, 1.82) is 0 Å². The highest BCUT2D eigenvalue weighted by atomic mass is 32.2. The summed E-state index contributed by atoms with van der Waals surface area (Å²) < 4.78 is 12.8. The molecule has 2 aromatic carbocycles. The maximum absolute atomic E-state index is 13.5. The van der Waals surface area contributed by atoms with Crippen LogP contribution in [0.4, 0.5) is 10.5 Å². The van der Waals surface area contributed by atoms with Gasteiger partial charge in [-0.15, -0.1) is 0 Å². The predicted octanol–water partition coefficient (Wildman–Crippen LogP) is 3.90. The average Bonchev–Trinajstić information content (AvgIpc) is 3.61. The molecule has 2 aliphatic heterocycles. The lowest BCUT2D eigenvalue weighted by Gasteiger charge is -2.42. The van der Waals surface area contributed by atoms with Gasteiger partial charge in [0.25, 0.3) is 5.69 Å². The van der Waals surface area contributed by atoms with Crippen LogP contribution in [0.1, 0.15) is 23.6 Å². The smallest absolute Gasteiger partial charge is 0.410 e. The Hall–Kier alpha value is -4.06. The minimum atomic E-state index is -0.605. The highest BCUT2D eigenvalue weighted by Crippen LogP contribution is 2.33. The number of benzene rings is 2. The van der Waals surface area contributed by atoms with Gasteiger partial charge in [0, 0.05) is 55.2 Å². The number of nitrogens with zero attached hydrogens (tertiary/aromatic N) is 5. The van der Waals surface area contributed by atoms with Crippen LogP contribution in [0, 0.1) is 10.1 Å². The molecule has 0 aliphatic carbocycles. The first-order valence-electron chi connectivity index (χ1n) is 12.6. The van der Waals surface area contributed by atoms with E-state index in [1.807, 2.05) is 35.0 Å². The maximum Gasteiger partial charge on any atom is 0.410 e. The molecule has 2 atom stereocenters. The van der Waals surface area contributed by atoms with Gasteiger partial charge < -0.3 is 18.9 Å². The number of methoxy groups -OCH3 is 1. The number of carbonyl (C=O) groups is 2. The van der Waals surface area contributed by atoms with E-state index in [0.29, 0.717) is 31.6 Å². The van der Waals surface area contributed by atoms with Crippen LogP contribution in [0.25, 0.3) is 0 Å². The highest BCUT2D eigenvalue weighted by Gasteiger charge is 2.45. The zero-order valence-electron chi connectivity index (χ0n) is 21.4. The van der Waals surface area contributed by atoms with Gasteiger partial charge in [0.05, 0.1) is 24.4 Å². The third-order valence-corrected chi connectivity index (χ3v) is 8.37. The normalized spacial score (nSPS) is 19.0. The van der Waals surface area contributed by atoms with Crippen LogP contribution in [0.3, 0.4) is 0 Å². The zero-order chi connectivity index (χ0) is 27.4. The van der Waals surface area contributed by atoms with E-state index in [4.69, 9.17) is 9.47 Å². The molecule has 2 saturated heterocycles. The van der Waals surface area contributed by atoms with E-state index in [-0.39, 0.29) is 29.5 Å². The van der Waals surface area contributed by atoms with Crippen LogP contribution in [0.5, 0.6) is 5.75 Å². The van der Waals surface area contributed by atoms with Gasteiger partial charge in [-0.2, -0.15) is 11.8 Å². The first kappa shape index (κ1) is 26.5. The van der Waals surface area contributed by atoms with Crippen molar-refractivity contribution in [3.05, 3.63) is 88.5 Å². The third-order valence-electron chi connectivity index (χ3n) is 7.06. The Morgan fingerprint density at radius 3 is 2.44 bits per heavy atom. The second kappa shape index (κ2) is 11.8. The number of thioether (sulfide) groups is 1. The zero-order valence-corrected chi connectivity index (χ0v) is 22.2. The van der Waals surface area contributed by atoms with Crippen molar-refractivity contribution in [2.24, 2.45) is 0 Å². The van der Waals surface area contributed by atoms with E-state index in [1.54, 1.807) is 48.4 Å².